The highest BCUT2D eigenvalue weighted by Gasteiger charge is 2.22. The van der Waals surface area contributed by atoms with Gasteiger partial charge in [0.2, 0.25) is 5.91 Å². The van der Waals surface area contributed by atoms with Crippen molar-refractivity contribution in [2.24, 2.45) is 5.92 Å². The molecule has 1 amide bonds. The average molecular weight is 366 g/mol. The van der Waals surface area contributed by atoms with Crippen LogP contribution in [0.3, 0.4) is 0 Å². The van der Waals surface area contributed by atoms with Crippen LogP contribution in [0.2, 0.25) is 0 Å². The maximum absolute atomic E-state index is 11.8. The molecule has 26 heavy (non-hydrogen) atoms. The quantitative estimate of drug-likeness (QED) is 0.721. The van der Waals surface area contributed by atoms with E-state index in [1.165, 1.54) is 0 Å². The van der Waals surface area contributed by atoms with Crippen molar-refractivity contribution in [2.75, 3.05) is 40.9 Å². The van der Waals surface area contributed by atoms with Crippen LogP contribution in [-0.2, 0) is 27.3 Å². The van der Waals surface area contributed by atoms with Gasteiger partial charge in [0, 0.05) is 58.5 Å². The summed E-state index contributed by atoms with van der Waals surface area (Å²) in [5.74, 6) is 1.59. The van der Waals surface area contributed by atoms with Gasteiger partial charge in [0.1, 0.15) is 5.82 Å². The number of methoxy groups -OCH3 is 1. The second kappa shape index (κ2) is 12.3. The third kappa shape index (κ3) is 8.35. The number of ether oxygens (including phenoxy) is 1. The molecule has 2 heterocycles. The smallest absolute Gasteiger partial charge is 0.290 e. The molecule has 0 unspecified atom stereocenters. The van der Waals surface area contributed by atoms with Crippen LogP contribution in [0.4, 0.5) is 0 Å². The van der Waals surface area contributed by atoms with Crippen LogP contribution >= 0.6 is 0 Å². The van der Waals surface area contributed by atoms with Gasteiger partial charge in [-0.3, -0.25) is 14.5 Å². The molecule has 2 rings (SSSR count). The van der Waals surface area contributed by atoms with Gasteiger partial charge in [-0.15, -0.1) is 0 Å². The van der Waals surface area contributed by atoms with E-state index < -0.39 is 0 Å². The first-order valence-electron chi connectivity index (χ1n) is 8.79. The summed E-state index contributed by atoms with van der Waals surface area (Å²) in [4.78, 5) is 33.0. The van der Waals surface area contributed by atoms with Crippen LogP contribution in [0, 0.1) is 5.92 Å². The second-order valence-corrected chi connectivity index (χ2v) is 6.57. The number of nitrogens with zero attached hydrogens (tertiary/aromatic N) is 4. The molecule has 1 saturated heterocycles. The fraction of sp³-hybridized carbons (Fsp3) is 0.667. The van der Waals surface area contributed by atoms with Gasteiger partial charge in [0.25, 0.3) is 6.47 Å². The molecule has 1 fully saturated rings. The van der Waals surface area contributed by atoms with Crippen LogP contribution in [0.25, 0.3) is 0 Å². The van der Waals surface area contributed by atoms with Crippen molar-refractivity contribution in [3.63, 3.8) is 0 Å². The van der Waals surface area contributed by atoms with Gasteiger partial charge < -0.3 is 14.7 Å². The number of hydrogen-bond acceptors (Lipinski definition) is 6. The molecule has 0 saturated carbocycles. The summed E-state index contributed by atoms with van der Waals surface area (Å²) in [6.07, 6.45) is 7.44. The number of likely N-dealkylation sites (tertiary alicyclic amines) is 1. The molecule has 0 bridgehead atoms. The van der Waals surface area contributed by atoms with Crippen LogP contribution in [0.15, 0.2) is 12.4 Å². The van der Waals surface area contributed by atoms with E-state index in [9.17, 15) is 4.79 Å². The van der Waals surface area contributed by atoms with Gasteiger partial charge in [0.15, 0.2) is 0 Å². The van der Waals surface area contributed by atoms with Crippen molar-refractivity contribution in [2.45, 2.75) is 32.2 Å². The van der Waals surface area contributed by atoms with Crippen LogP contribution in [-0.4, -0.2) is 78.2 Å². The van der Waals surface area contributed by atoms with E-state index >= 15 is 0 Å². The van der Waals surface area contributed by atoms with E-state index in [2.05, 4.69) is 14.9 Å². The molecule has 8 nitrogen and oxygen atoms in total. The number of carbonyl (C=O) groups excluding carboxylic acids is 1. The van der Waals surface area contributed by atoms with Gasteiger partial charge in [0.05, 0.1) is 6.61 Å². The van der Waals surface area contributed by atoms with Gasteiger partial charge in [-0.25, -0.2) is 9.97 Å². The minimum absolute atomic E-state index is 0.239. The van der Waals surface area contributed by atoms with E-state index in [0.717, 1.165) is 50.3 Å². The Morgan fingerprint density at radius 1 is 1.35 bits per heavy atom. The van der Waals surface area contributed by atoms with Gasteiger partial charge in [-0.1, -0.05) is 0 Å². The van der Waals surface area contributed by atoms with E-state index in [1.54, 1.807) is 12.0 Å². The molecule has 0 aliphatic carbocycles. The predicted octanol–water partition coefficient (Wildman–Crippen LogP) is 1.06. The highest BCUT2D eigenvalue weighted by Crippen LogP contribution is 2.22. The topological polar surface area (TPSA) is 95.9 Å². The zero-order valence-electron chi connectivity index (χ0n) is 15.9. The SMILES string of the molecule is COCCc1ncc(CN2CCC(CC(=O)N(C)C)CC2)cn1.O=CO. The fourth-order valence-electron chi connectivity index (χ4n) is 2.82. The Kier molecular flexibility index (Phi) is 10.4. The Labute approximate surface area is 155 Å². The minimum Gasteiger partial charge on any atom is -0.483 e. The third-order valence-corrected chi connectivity index (χ3v) is 4.36. The molecule has 1 aromatic rings. The third-order valence-electron chi connectivity index (χ3n) is 4.36. The zero-order valence-corrected chi connectivity index (χ0v) is 15.9. The largest absolute Gasteiger partial charge is 0.483 e. The predicted molar refractivity (Wildman–Crippen MR) is 97.6 cm³/mol. The standard InChI is InChI=1S/C17H28N4O2.CH2O2/c1-20(2)17(22)10-14-4-7-21(8-5-14)13-15-11-18-16(19-12-15)6-9-23-3;2-1-3/h11-12,14H,4-10,13H2,1-3H3;1H,(H,2,3). The molecule has 1 aromatic heterocycles. The summed E-state index contributed by atoms with van der Waals surface area (Å²) >= 11 is 0. The number of aromatic nitrogens is 2. The summed E-state index contributed by atoms with van der Waals surface area (Å²) in [7, 11) is 5.34. The summed E-state index contributed by atoms with van der Waals surface area (Å²) < 4.78 is 5.03. The van der Waals surface area contributed by atoms with E-state index in [1.807, 2.05) is 26.5 Å². The molecule has 146 valence electrons. The Balaban J connectivity index is 0.00000105. The summed E-state index contributed by atoms with van der Waals surface area (Å²) in [6.45, 7) is 3.37. The minimum atomic E-state index is -0.250. The lowest BCUT2D eigenvalue weighted by molar-refractivity contribution is -0.130. The van der Waals surface area contributed by atoms with E-state index in [-0.39, 0.29) is 12.4 Å². The van der Waals surface area contributed by atoms with Crippen molar-refractivity contribution >= 4 is 12.4 Å². The molecule has 1 N–H and O–H groups in total. The van der Waals surface area contributed by atoms with Crippen LogP contribution < -0.4 is 0 Å². The molecular weight excluding hydrogens is 336 g/mol. The number of piperidine rings is 1. The van der Waals surface area contributed by atoms with Gasteiger partial charge in [-0.05, 0) is 31.8 Å². The molecule has 0 aromatic carbocycles. The highest BCUT2D eigenvalue weighted by molar-refractivity contribution is 5.75. The summed E-state index contributed by atoms with van der Waals surface area (Å²) in [5.41, 5.74) is 1.15. The monoisotopic (exact) mass is 366 g/mol. The Bertz CT molecular complexity index is 528. The average Bonchev–Trinajstić information content (AvgIpc) is 2.63. The summed E-state index contributed by atoms with van der Waals surface area (Å²) in [5, 5.41) is 6.89. The van der Waals surface area contributed by atoms with E-state index in [0.29, 0.717) is 18.9 Å². The maximum atomic E-state index is 11.8. The van der Waals surface area contributed by atoms with Crippen molar-refractivity contribution in [3.8, 4) is 0 Å². The molecule has 0 spiro atoms. The van der Waals surface area contributed by atoms with Crippen molar-refractivity contribution in [1.82, 2.24) is 19.8 Å². The normalized spacial score (nSPS) is 15.0. The van der Waals surface area contributed by atoms with Crippen LogP contribution in [0.5, 0.6) is 0 Å². The Hall–Kier alpha value is -2.06. The molecule has 8 heteroatoms. The lowest BCUT2D eigenvalue weighted by Crippen LogP contribution is -2.35. The Morgan fingerprint density at radius 3 is 2.42 bits per heavy atom. The second-order valence-electron chi connectivity index (χ2n) is 6.57. The first-order valence-corrected chi connectivity index (χ1v) is 8.79. The summed E-state index contributed by atoms with van der Waals surface area (Å²) in [6, 6.07) is 0. The first kappa shape index (κ1) is 22.0. The highest BCUT2D eigenvalue weighted by atomic mass is 16.5. The molecule has 0 radical (unpaired) electrons. The van der Waals surface area contributed by atoms with Gasteiger partial charge >= 0.3 is 0 Å². The zero-order chi connectivity index (χ0) is 19.4. The van der Waals surface area contributed by atoms with Gasteiger partial charge in [-0.2, -0.15) is 0 Å². The number of rotatable bonds is 7. The Morgan fingerprint density at radius 2 is 1.92 bits per heavy atom. The molecule has 0 atom stereocenters. The number of carboxylic acid groups (broad SMARTS) is 1. The van der Waals surface area contributed by atoms with Crippen molar-refractivity contribution in [1.29, 1.82) is 0 Å². The lowest BCUT2D eigenvalue weighted by Gasteiger charge is -2.32. The van der Waals surface area contributed by atoms with E-state index in [4.69, 9.17) is 14.6 Å². The molecular formula is C18H30N4O4. The number of carbonyl (C=O) groups is 2. The van der Waals surface area contributed by atoms with Crippen molar-refractivity contribution in [3.05, 3.63) is 23.8 Å². The number of amides is 1. The number of hydrogen-bond donors (Lipinski definition) is 1. The maximum Gasteiger partial charge on any atom is 0.290 e. The first-order chi connectivity index (χ1) is 12.5. The van der Waals surface area contributed by atoms with Crippen molar-refractivity contribution < 1.29 is 19.4 Å². The molecule has 1 aliphatic heterocycles. The van der Waals surface area contributed by atoms with Crippen LogP contribution in [0.1, 0.15) is 30.7 Å². The lowest BCUT2D eigenvalue weighted by atomic mass is 9.93. The molecule has 1 aliphatic rings. The fourth-order valence-corrected chi connectivity index (χ4v) is 2.82.